The van der Waals surface area contributed by atoms with E-state index in [-0.39, 0.29) is 11.8 Å². The number of ether oxygens (including phenoxy) is 2. The van der Waals surface area contributed by atoms with Gasteiger partial charge in [0, 0.05) is 18.4 Å². The molecule has 3 rings (SSSR count). The normalized spacial score (nSPS) is 15.9. The summed E-state index contributed by atoms with van der Waals surface area (Å²) in [6.45, 7) is 6.14. The fraction of sp³-hybridized carbons (Fsp3) is 0.320. The summed E-state index contributed by atoms with van der Waals surface area (Å²) in [6.07, 6.45) is 0. The predicted molar refractivity (Wildman–Crippen MR) is 132 cm³/mol. The zero-order valence-corrected chi connectivity index (χ0v) is 20.3. The summed E-state index contributed by atoms with van der Waals surface area (Å²) >= 11 is 5.47. The van der Waals surface area contributed by atoms with Crippen molar-refractivity contribution in [3.05, 3.63) is 70.9 Å². The van der Waals surface area contributed by atoms with Crippen molar-refractivity contribution in [3.8, 4) is 5.75 Å². The number of para-hydroxylation sites is 1. The predicted octanol–water partition coefficient (Wildman–Crippen LogP) is 4.28. The van der Waals surface area contributed by atoms with E-state index in [2.05, 4.69) is 10.6 Å². The van der Waals surface area contributed by atoms with Crippen LogP contribution in [-0.2, 0) is 9.53 Å². The molecule has 0 fully saturated rings. The van der Waals surface area contributed by atoms with E-state index in [4.69, 9.17) is 21.7 Å². The van der Waals surface area contributed by atoms with Gasteiger partial charge in [0.1, 0.15) is 5.75 Å². The highest BCUT2D eigenvalue weighted by Gasteiger charge is 2.33. The van der Waals surface area contributed by atoms with Crippen LogP contribution in [0.1, 0.15) is 42.7 Å². The number of nitrogens with one attached hydrogen (secondary N) is 2. The van der Waals surface area contributed by atoms with Crippen molar-refractivity contribution >= 4 is 34.9 Å². The van der Waals surface area contributed by atoms with Crippen LogP contribution in [0.3, 0.4) is 0 Å². The molecule has 33 heavy (non-hydrogen) atoms. The maximum atomic E-state index is 13.0. The first-order chi connectivity index (χ1) is 15.7. The molecule has 174 valence electrons. The Labute approximate surface area is 199 Å². The second kappa shape index (κ2) is 10.5. The Morgan fingerprint density at radius 3 is 2.61 bits per heavy atom. The lowest BCUT2D eigenvalue weighted by Gasteiger charge is -2.35. The Morgan fingerprint density at radius 1 is 1.18 bits per heavy atom. The fourth-order valence-corrected chi connectivity index (χ4v) is 3.75. The fourth-order valence-electron chi connectivity index (χ4n) is 3.50. The van der Waals surface area contributed by atoms with Gasteiger partial charge in [-0.2, -0.15) is 0 Å². The molecule has 1 heterocycles. The number of methoxy groups -OCH3 is 1. The molecule has 1 atom stereocenters. The summed E-state index contributed by atoms with van der Waals surface area (Å²) in [5.41, 5.74) is 3.00. The first kappa shape index (κ1) is 24.3. The van der Waals surface area contributed by atoms with Gasteiger partial charge in [-0.15, -0.1) is 0 Å². The third-order valence-corrected chi connectivity index (χ3v) is 5.74. The first-order valence-electron chi connectivity index (χ1n) is 10.7. The molecule has 7 nitrogen and oxygen atoms in total. The van der Waals surface area contributed by atoms with Crippen molar-refractivity contribution in [2.75, 3.05) is 26.1 Å². The highest BCUT2D eigenvalue weighted by Crippen LogP contribution is 2.32. The summed E-state index contributed by atoms with van der Waals surface area (Å²) in [5, 5.41) is 6.63. The van der Waals surface area contributed by atoms with Gasteiger partial charge >= 0.3 is 5.97 Å². The molecule has 0 saturated carbocycles. The van der Waals surface area contributed by atoms with E-state index in [0.29, 0.717) is 34.3 Å². The van der Waals surface area contributed by atoms with E-state index in [9.17, 15) is 9.59 Å². The molecule has 0 aromatic heterocycles. The van der Waals surface area contributed by atoms with Gasteiger partial charge in [0.05, 0.1) is 30.9 Å². The van der Waals surface area contributed by atoms with E-state index in [1.54, 1.807) is 42.3 Å². The number of carbonyl (C=O) groups is 2. The van der Waals surface area contributed by atoms with Gasteiger partial charge in [-0.3, -0.25) is 4.79 Å². The van der Waals surface area contributed by atoms with Crippen molar-refractivity contribution in [2.24, 2.45) is 5.92 Å². The van der Waals surface area contributed by atoms with E-state index < -0.39 is 12.0 Å². The number of allylic oxidation sites excluding steroid dienone is 1. The minimum Gasteiger partial charge on any atom is -0.496 e. The molecule has 2 aromatic carbocycles. The number of hydrogen-bond acceptors (Lipinski definition) is 5. The molecule has 0 spiro atoms. The molecular formula is C25H29N3O4S. The molecule has 0 radical (unpaired) electrons. The maximum Gasteiger partial charge on any atom is 0.338 e. The lowest BCUT2D eigenvalue weighted by Crippen LogP contribution is -2.46. The van der Waals surface area contributed by atoms with Gasteiger partial charge in [-0.05, 0) is 54.9 Å². The van der Waals surface area contributed by atoms with Gasteiger partial charge in [0.15, 0.2) is 5.11 Å². The molecule has 8 heteroatoms. The average molecular weight is 468 g/mol. The van der Waals surface area contributed by atoms with Crippen molar-refractivity contribution in [3.63, 3.8) is 0 Å². The molecule has 0 saturated heterocycles. The first-order valence-corrected chi connectivity index (χ1v) is 11.1. The number of rotatable bonds is 7. The molecule has 0 aliphatic carbocycles. The molecule has 0 bridgehead atoms. The van der Waals surface area contributed by atoms with E-state index >= 15 is 0 Å². The number of hydrogen-bond donors (Lipinski definition) is 2. The lowest BCUT2D eigenvalue weighted by molar-refractivity contribution is -0.140. The van der Waals surface area contributed by atoms with Crippen LogP contribution >= 0.6 is 12.2 Å². The zero-order chi connectivity index (χ0) is 24.1. The average Bonchev–Trinajstić information content (AvgIpc) is 2.80. The molecule has 1 aliphatic rings. The monoisotopic (exact) mass is 467 g/mol. The van der Waals surface area contributed by atoms with Crippen molar-refractivity contribution in [1.29, 1.82) is 0 Å². The SMILES string of the molecule is COc1ccccc1C(=O)Nc1cccc(C2NC(=S)N(C)C(C)=C2C(=O)OCC(C)C)c1. The standard InChI is InChI=1S/C25H29N3O4S/c1-15(2)14-32-24(30)21-16(3)28(4)25(33)27-22(21)17-9-8-10-18(13-17)26-23(29)19-11-6-7-12-20(19)31-5/h6-13,15,22H,14H2,1-5H3,(H,26,29)(H,27,33). The highest BCUT2D eigenvalue weighted by atomic mass is 32.1. The largest absolute Gasteiger partial charge is 0.496 e. The second-order valence-corrected chi connectivity index (χ2v) is 8.60. The van der Waals surface area contributed by atoms with Crippen LogP contribution in [-0.4, -0.2) is 42.7 Å². The van der Waals surface area contributed by atoms with E-state index in [1.807, 2.05) is 39.0 Å². The second-order valence-electron chi connectivity index (χ2n) is 8.21. The highest BCUT2D eigenvalue weighted by molar-refractivity contribution is 7.80. The molecule has 2 aromatic rings. The number of esters is 1. The Kier molecular flexibility index (Phi) is 7.71. The van der Waals surface area contributed by atoms with Crippen molar-refractivity contribution < 1.29 is 19.1 Å². The van der Waals surface area contributed by atoms with Gasteiger partial charge in [-0.1, -0.05) is 38.1 Å². The van der Waals surface area contributed by atoms with Crippen LogP contribution in [0, 0.1) is 5.92 Å². The van der Waals surface area contributed by atoms with Gasteiger partial charge in [0.2, 0.25) is 0 Å². The zero-order valence-electron chi connectivity index (χ0n) is 19.5. The van der Waals surface area contributed by atoms with Crippen LogP contribution in [0.4, 0.5) is 5.69 Å². The number of benzene rings is 2. The van der Waals surface area contributed by atoms with Gasteiger partial charge in [-0.25, -0.2) is 4.79 Å². The molecular weight excluding hydrogens is 438 g/mol. The summed E-state index contributed by atoms with van der Waals surface area (Å²) in [4.78, 5) is 27.6. The number of anilines is 1. The van der Waals surface area contributed by atoms with Crippen LogP contribution in [0.5, 0.6) is 5.75 Å². The van der Waals surface area contributed by atoms with E-state index in [1.165, 1.54) is 7.11 Å². The summed E-state index contributed by atoms with van der Waals surface area (Å²) in [7, 11) is 3.33. The van der Waals surface area contributed by atoms with Crippen LogP contribution in [0.2, 0.25) is 0 Å². The Bertz CT molecular complexity index is 1100. The quantitative estimate of drug-likeness (QED) is 0.465. The third kappa shape index (κ3) is 5.51. The van der Waals surface area contributed by atoms with Crippen LogP contribution in [0.15, 0.2) is 59.8 Å². The summed E-state index contributed by atoms with van der Waals surface area (Å²) in [5.74, 6) is 0.0238. The maximum absolute atomic E-state index is 13.0. The Hall–Kier alpha value is -3.39. The van der Waals surface area contributed by atoms with E-state index in [0.717, 1.165) is 11.3 Å². The number of amides is 1. The summed E-state index contributed by atoms with van der Waals surface area (Å²) in [6, 6.07) is 13.8. The van der Waals surface area contributed by atoms with Crippen LogP contribution < -0.4 is 15.4 Å². The molecule has 1 amide bonds. The minimum atomic E-state index is -0.503. The van der Waals surface area contributed by atoms with Gasteiger partial charge < -0.3 is 25.0 Å². The van der Waals surface area contributed by atoms with Crippen LogP contribution in [0.25, 0.3) is 0 Å². The molecule has 1 aliphatic heterocycles. The molecule has 1 unspecified atom stereocenters. The smallest absolute Gasteiger partial charge is 0.338 e. The summed E-state index contributed by atoms with van der Waals surface area (Å²) < 4.78 is 10.8. The Balaban J connectivity index is 1.91. The minimum absolute atomic E-state index is 0.220. The Morgan fingerprint density at radius 2 is 1.91 bits per heavy atom. The van der Waals surface area contributed by atoms with Crippen molar-refractivity contribution in [2.45, 2.75) is 26.8 Å². The topological polar surface area (TPSA) is 79.9 Å². The lowest BCUT2D eigenvalue weighted by atomic mass is 9.94. The molecule has 2 N–H and O–H groups in total. The number of thiocarbonyl (C=S) groups is 1. The van der Waals surface area contributed by atoms with Gasteiger partial charge in [0.25, 0.3) is 5.91 Å². The number of carbonyl (C=O) groups excluding carboxylic acids is 2. The number of nitrogens with zero attached hydrogens (tertiary/aromatic N) is 1. The van der Waals surface area contributed by atoms with Crippen molar-refractivity contribution in [1.82, 2.24) is 10.2 Å². The third-order valence-electron chi connectivity index (χ3n) is 5.35.